The first kappa shape index (κ1) is 62.8. The van der Waals surface area contributed by atoms with Crippen molar-refractivity contribution in [1.29, 1.82) is 0 Å². The number of likely N-dealkylation sites (tertiary alicyclic amines) is 1. The van der Waals surface area contributed by atoms with Crippen LogP contribution in [-0.4, -0.2) is 164 Å². The van der Waals surface area contributed by atoms with Crippen LogP contribution in [0.25, 0.3) is 0 Å². The highest BCUT2D eigenvalue weighted by Crippen LogP contribution is 2.31. The van der Waals surface area contributed by atoms with Gasteiger partial charge in [-0.05, 0) is 83.4 Å². The Labute approximate surface area is 440 Å². The second kappa shape index (κ2) is 30.7. The van der Waals surface area contributed by atoms with E-state index in [-0.39, 0.29) is 84.8 Å². The van der Waals surface area contributed by atoms with Gasteiger partial charge in [0.15, 0.2) is 0 Å². The lowest BCUT2D eigenvalue weighted by Crippen LogP contribution is -2.59. The topological polar surface area (TPSA) is 226 Å². The molecule has 3 rings (SSSR count). The fraction of sp³-hybridized carbons (Fsp3) is 0.691. The number of nitrogens with one attached hydrogen (secondary N) is 3. The first-order valence-electron chi connectivity index (χ1n) is 26.5. The summed E-state index contributed by atoms with van der Waals surface area (Å²) in [7, 11) is 8.47. The molecule has 1 aromatic carbocycles. The summed E-state index contributed by atoms with van der Waals surface area (Å²) in [5, 5.41) is 10.2. The molecule has 1 aromatic rings. The monoisotopic (exact) mass is 1040 g/mol. The van der Waals surface area contributed by atoms with Crippen molar-refractivity contribution < 1.29 is 52.6 Å². The molecule has 19 heteroatoms. The molecule has 2 aliphatic rings. The number of imide groups is 1. The molecule has 2 heterocycles. The molecule has 2 aliphatic heterocycles. The van der Waals surface area contributed by atoms with E-state index >= 15 is 0 Å². The van der Waals surface area contributed by atoms with Gasteiger partial charge in [0.05, 0.1) is 55.1 Å². The molecular formula is C55H88N8O11. The van der Waals surface area contributed by atoms with E-state index in [4.69, 9.17) is 14.2 Å². The molecule has 1 unspecified atom stereocenters. The van der Waals surface area contributed by atoms with Crippen LogP contribution >= 0.6 is 0 Å². The molecule has 1 saturated heterocycles. The fourth-order valence-electron chi connectivity index (χ4n) is 10.1. The minimum Gasteiger partial charge on any atom is -0.455 e. The fourth-order valence-corrected chi connectivity index (χ4v) is 10.1. The maximum Gasteiger partial charge on any atom is 0.306 e. The van der Waals surface area contributed by atoms with Gasteiger partial charge in [-0.2, -0.15) is 5.10 Å². The molecule has 1 fully saturated rings. The standard InChI is InChI=1S/C55H88N8O11/c1-15-36(6)50(61(12)55(71)48(34(2)3)57-54(70)49(35(4)5)60(10)11)42(72-13)33-46(67)62-32-22-25-41(62)51(73-14)38(8)53(69)56-39(9)52(40-23-18-16-19-24-40)74-47(68)30-27-37(7)58-59-43(64)26-20-17-21-31-63-44(65)28-29-45(63)66/h16,18-19,23-24,28-29,34-36,38-39,41-42,48-52H,15,17,20-22,25-27,30-33H2,1-14H3,(H,56,69)(H,57,70)(H,59,64)/b58-37+/t36-,38+,39+,41-,42+,48?,49-,50-,51+,52+/m0/s1. The van der Waals surface area contributed by atoms with Crippen molar-refractivity contribution in [3.05, 3.63) is 48.0 Å². The summed E-state index contributed by atoms with van der Waals surface area (Å²) < 4.78 is 18.1. The summed E-state index contributed by atoms with van der Waals surface area (Å²) in [5.41, 5.74) is 3.71. The number of methoxy groups -OCH3 is 2. The Morgan fingerprint density at radius 2 is 1.46 bits per heavy atom. The molecule has 0 aliphatic carbocycles. The lowest BCUT2D eigenvalue weighted by molar-refractivity contribution is -0.152. The number of unbranched alkanes of at least 4 members (excludes halogenated alkanes) is 2. The van der Waals surface area contributed by atoms with Crippen LogP contribution in [0.3, 0.4) is 0 Å². The number of amides is 7. The van der Waals surface area contributed by atoms with E-state index in [9.17, 15) is 38.4 Å². The zero-order valence-electron chi connectivity index (χ0n) is 46.7. The maximum atomic E-state index is 14.5. The minimum atomic E-state index is -0.850. The van der Waals surface area contributed by atoms with Crippen LogP contribution in [0.5, 0.6) is 0 Å². The summed E-state index contributed by atoms with van der Waals surface area (Å²) >= 11 is 0. The first-order valence-corrected chi connectivity index (χ1v) is 26.5. The van der Waals surface area contributed by atoms with E-state index in [0.29, 0.717) is 62.9 Å². The van der Waals surface area contributed by atoms with Crippen molar-refractivity contribution >= 4 is 53.0 Å². The molecule has 3 N–H and O–H groups in total. The molecular weight excluding hydrogens is 949 g/mol. The summed E-state index contributed by atoms with van der Waals surface area (Å²) in [6.45, 7) is 17.8. The zero-order chi connectivity index (χ0) is 55.4. The quantitative estimate of drug-likeness (QED) is 0.0288. The van der Waals surface area contributed by atoms with Crippen molar-refractivity contribution in [2.45, 2.75) is 175 Å². The highest BCUT2D eigenvalue weighted by atomic mass is 16.5. The number of carbonyl (C=O) groups is 8. The lowest BCUT2D eigenvalue weighted by Gasteiger charge is -2.41. The van der Waals surface area contributed by atoms with Gasteiger partial charge in [-0.15, -0.1) is 0 Å². The molecule has 19 nitrogen and oxygen atoms in total. The zero-order valence-corrected chi connectivity index (χ0v) is 46.7. The number of esters is 1. The lowest BCUT2D eigenvalue weighted by atomic mass is 9.89. The van der Waals surface area contributed by atoms with Gasteiger partial charge in [-0.3, -0.25) is 48.2 Å². The van der Waals surface area contributed by atoms with Crippen LogP contribution in [0.15, 0.2) is 47.6 Å². The second-order valence-electron chi connectivity index (χ2n) is 20.9. The van der Waals surface area contributed by atoms with E-state index < -0.39 is 60.4 Å². The van der Waals surface area contributed by atoms with E-state index in [1.165, 1.54) is 24.2 Å². The molecule has 0 aromatic heterocycles. The van der Waals surface area contributed by atoms with Crippen LogP contribution in [0.4, 0.5) is 0 Å². The smallest absolute Gasteiger partial charge is 0.306 e. The Morgan fingerprint density at radius 1 is 0.811 bits per heavy atom. The maximum absolute atomic E-state index is 14.5. The van der Waals surface area contributed by atoms with Gasteiger partial charge in [-0.1, -0.05) is 91.6 Å². The van der Waals surface area contributed by atoms with Crippen molar-refractivity contribution in [1.82, 2.24) is 35.7 Å². The normalized spacial score (nSPS) is 18.7. The molecule has 0 bridgehead atoms. The van der Waals surface area contributed by atoms with Gasteiger partial charge in [0, 0.05) is 58.6 Å². The molecule has 74 heavy (non-hydrogen) atoms. The number of likely N-dealkylation sites (N-methyl/N-ethyl adjacent to an activating group) is 2. The van der Waals surface area contributed by atoms with Crippen molar-refractivity contribution in [2.24, 2.45) is 28.8 Å². The van der Waals surface area contributed by atoms with Crippen LogP contribution in [-0.2, 0) is 52.6 Å². The van der Waals surface area contributed by atoms with E-state index in [0.717, 1.165) is 0 Å². The van der Waals surface area contributed by atoms with Crippen LogP contribution in [0, 0.1) is 23.7 Å². The van der Waals surface area contributed by atoms with Gasteiger partial charge in [0.1, 0.15) is 12.1 Å². The number of hydrogen-bond donors (Lipinski definition) is 3. The predicted octanol–water partition coefficient (Wildman–Crippen LogP) is 5.18. The Kier molecular flexibility index (Phi) is 26.1. The van der Waals surface area contributed by atoms with E-state index in [1.807, 2.05) is 90.9 Å². The third-order valence-corrected chi connectivity index (χ3v) is 14.4. The average Bonchev–Trinajstić information content (AvgIpc) is 3.97. The van der Waals surface area contributed by atoms with Crippen LogP contribution in [0.2, 0.25) is 0 Å². The van der Waals surface area contributed by atoms with Crippen LogP contribution in [0.1, 0.15) is 138 Å². The Morgan fingerprint density at radius 3 is 2.03 bits per heavy atom. The highest BCUT2D eigenvalue weighted by molar-refractivity contribution is 6.12. The van der Waals surface area contributed by atoms with Crippen molar-refractivity contribution in [3.63, 3.8) is 0 Å². The molecule has 0 spiro atoms. The van der Waals surface area contributed by atoms with Crippen molar-refractivity contribution in [3.8, 4) is 0 Å². The minimum absolute atomic E-state index is 0.0160. The van der Waals surface area contributed by atoms with Gasteiger partial charge in [-0.25, -0.2) is 5.43 Å². The third kappa shape index (κ3) is 18.1. The Balaban J connectivity index is 1.65. The largest absolute Gasteiger partial charge is 0.455 e. The summed E-state index contributed by atoms with van der Waals surface area (Å²) in [5.74, 6) is -3.50. The van der Waals surface area contributed by atoms with Crippen LogP contribution < -0.4 is 16.1 Å². The van der Waals surface area contributed by atoms with Gasteiger partial charge in [0.2, 0.25) is 29.5 Å². The number of ether oxygens (including phenoxy) is 3. The Bertz CT molecular complexity index is 2070. The predicted molar refractivity (Wildman–Crippen MR) is 283 cm³/mol. The number of hydrazone groups is 1. The second-order valence-corrected chi connectivity index (χ2v) is 20.9. The first-order chi connectivity index (χ1) is 35.0. The number of rotatable bonds is 31. The molecule has 414 valence electrons. The SMILES string of the molecule is CC[C@H](C)[C@@H]([C@@H](CC(=O)N1CCC[C@H]1[C@H](OC)[C@@H](C)C(=O)N[C@H](C)[C@@H](OC(=O)CC/C(C)=N/NC(=O)CCCCCN1C(=O)C=CC1=O)c1ccccc1)OC)N(C)C(=O)C(NC(=O)[C@H](C(C)C)N(C)C)C(C)C. The molecule has 0 radical (unpaired) electrons. The van der Waals surface area contributed by atoms with E-state index in [2.05, 4.69) is 21.2 Å². The Hall–Kier alpha value is -5.53. The van der Waals surface area contributed by atoms with Crippen molar-refractivity contribution in [2.75, 3.05) is 48.5 Å². The molecule has 0 saturated carbocycles. The average molecular weight is 1040 g/mol. The van der Waals surface area contributed by atoms with E-state index in [1.54, 1.807) is 44.7 Å². The highest BCUT2D eigenvalue weighted by Gasteiger charge is 2.43. The number of nitrogens with zero attached hydrogens (tertiary/aromatic N) is 5. The molecule has 10 atom stereocenters. The summed E-state index contributed by atoms with van der Waals surface area (Å²) in [4.78, 5) is 112. The summed E-state index contributed by atoms with van der Waals surface area (Å²) in [6.07, 6.45) is 4.41. The molecule has 7 amide bonds. The summed E-state index contributed by atoms with van der Waals surface area (Å²) in [6, 6.07) is 6.27. The third-order valence-electron chi connectivity index (χ3n) is 14.4. The van der Waals surface area contributed by atoms with Gasteiger partial charge < -0.3 is 34.6 Å². The number of benzene rings is 1. The van der Waals surface area contributed by atoms with Gasteiger partial charge >= 0.3 is 5.97 Å². The number of carbonyl (C=O) groups excluding carboxylic acids is 8. The van der Waals surface area contributed by atoms with Gasteiger partial charge in [0.25, 0.3) is 11.8 Å². The number of hydrogen-bond acceptors (Lipinski definition) is 13.